The number of ether oxygens (including phenoxy) is 3. The van der Waals surface area contributed by atoms with Crippen molar-refractivity contribution < 1.29 is 23.8 Å². The third kappa shape index (κ3) is 49.0. The molecule has 0 rings (SSSR count). The quantitative estimate of drug-likeness (QED) is 0.0347. The minimum absolute atomic E-state index is 0.0184. The normalized spacial score (nSPS) is 13.3. The Morgan fingerprint density at radius 3 is 1.16 bits per heavy atom. The molecule has 0 aliphatic heterocycles. The molecule has 0 aromatic heterocycles. The fraction of sp³-hybridized carbons (Fsp3) is 0.614. The Bertz CT molecular complexity index is 1290. The average Bonchev–Trinajstić information content (AvgIpc) is 3.27. The molecule has 0 spiro atoms. The molecule has 0 aliphatic rings. The molecule has 0 bridgehead atoms. The van der Waals surface area contributed by atoms with Gasteiger partial charge in [0, 0.05) is 19.4 Å². The highest BCUT2D eigenvalue weighted by atomic mass is 16.6. The molecule has 0 aromatic rings. The van der Waals surface area contributed by atoms with Crippen molar-refractivity contribution in [3.8, 4) is 0 Å². The molecule has 0 saturated heterocycles. The predicted molar refractivity (Wildman–Crippen MR) is 269 cm³/mol. The van der Waals surface area contributed by atoms with Crippen molar-refractivity contribution in [2.75, 3.05) is 19.8 Å². The van der Waals surface area contributed by atoms with Crippen molar-refractivity contribution in [3.05, 3.63) is 122 Å². The first-order valence-electron chi connectivity index (χ1n) is 25.1. The molecule has 1 atom stereocenters. The van der Waals surface area contributed by atoms with Gasteiger partial charge in [-0.3, -0.25) is 9.59 Å². The van der Waals surface area contributed by atoms with Crippen LogP contribution < -0.4 is 0 Å². The first kappa shape index (κ1) is 58.3. The lowest BCUT2D eigenvalue weighted by Gasteiger charge is -2.18. The molecule has 350 valence electrons. The van der Waals surface area contributed by atoms with Gasteiger partial charge in [-0.1, -0.05) is 219 Å². The Kier molecular flexibility index (Phi) is 48.6. The van der Waals surface area contributed by atoms with Crippen LogP contribution >= 0.6 is 0 Å². The van der Waals surface area contributed by atoms with Gasteiger partial charge >= 0.3 is 11.9 Å². The zero-order valence-electron chi connectivity index (χ0n) is 40.1. The first-order valence-corrected chi connectivity index (χ1v) is 25.1. The molecule has 5 nitrogen and oxygen atoms in total. The molecular weight excluding hydrogens is 765 g/mol. The van der Waals surface area contributed by atoms with Crippen LogP contribution in [0.3, 0.4) is 0 Å². The van der Waals surface area contributed by atoms with E-state index in [1.165, 1.54) is 64.2 Å². The maximum atomic E-state index is 12.8. The maximum absolute atomic E-state index is 12.8. The molecule has 62 heavy (non-hydrogen) atoms. The number of esters is 2. The second-order valence-electron chi connectivity index (χ2n) is 16.0. The van der Waals surface area contributed by atoms with Crippen LogP contribution in [-0.4, -0.2) is 37.9 Å². The summed E-state index contributed by atoms with van der Waals surface area (Å²) in [5, 5.41) is 0. The smallest absolute Gasteiger partial charge is 0.306 e. The largest absolute Gasteiger partial charge is 0.462 e. The van der Waals surface area contributed by atoms with Crippen LogP contribution in [-0.2, 0) is 23.8 Å². The number of hydrogen-bond acceptors (Lipinski definition) is 5. The molecule has 0 aromatic carbocycles. The van der Waals surface area contributed by atoms with Crippen LogP contribution in [0.2, 0.25) is 0 Å². The van der Waals surface area contributed by atoms with Crippen LogP contribution in [0.4, 0.5) is 0 Å². The monoisotopic (exact) mass is 857 g/mol. The lowest BCUT2D eigenvalue weighted by atomic mass is 10.0. The van der Waals surface area contributed by atoms with Gasteiger partial charge in [0.2, 0.25) is 0 Å². The molecule has 0 N–H and O–H groups in total. The average molecular weight is 857 g/mol. The fourth-order valence-corrected chi connectivity index (χ4v) is 6.36. The van der Waals surface area contributed by atoms with E-state index >= 15 is 0 Å². The van der Waals surface area contributed by atoms with Crippen LogP contribution in [0, 0.1) is 0 Å². The molecule has 0 aliphatic carbocycles. The van der Waals surface area contributed by atoms with Crippen molar-refractivity contribution in [2.24, 2.45) is 0 Å². The summed E-state index contributed by atoms with van der Waals surface area (Å²) in [7, 11) is 0. The zero-order chi connectivity index (χ0) is 44.9. The summed E-state index contributed by atoms with van der Waals surface area (Å²) >= 11 is 0. The van der Waals surface area contributed by atoms with Crippen LogP contribution in [0.25, 0.3) is 0 Å². The van der Waals surface area contributed by atoms with Gasteiger partial charge in [0.05, 0.1) is 6.61 Å². The summed E-state index contributed by atoms with van der Waals surface area (Å²) < 4.78 is 17.2. The van der Waals surface area contributed by atoms with Gasteiger partial charge in [-0.2, -0.15) is 0 Å². The minimum atomic E-state index is -0.600. The van der Waals surface area contributed by atoms with E-state index < -0.39 is 6.10 Å². The van der Waals surface area contributed by atoms with E-state index in [1.807, 2.05) is 6.08 Å². The van der Waals surface area contributed by atoms with Crippen molar-refractivity contribution in [2.45, 2.75) is 207 Å². The highest BCUT2D eigenvalue weighted by Gasteiger charge is 2.17. The maximum Gasteiger partial charge on any atom is 0.306 e. The summed E-state index contributed by atoms with van der Waals surface area (Å²) in [5.41, 5.74) is 0. The Morgan fingerprint density at radius 2 is 0.742 bits per heavy atom. The summed E-state index contributed by atoms with van der Waals surface area (Å²) in [5.74, 6) is -0.529. The third-order valence-corrected chi connectivity index (χ3v) is 10.0. The number of unbranched alkanes of at least 4 members (excludes halogenated alkanes) is 13. The van der Waals surface area contributed by atoms with E-state index in [1.54, 1.807) is 0 Å². The molecule has 0 saturated carbocycles. The van der Waals surface area contributed by atoms with Crippen LogP contribution in [0.15, 0.2) is 122 Å². The number of hydrogen-bond donors (Lipinski definition) is 0. The fourth-order valence-electron chi connectivity index (χ4n) is 6.36. The molecule has 0 radical (unpaired) electrons. The minimum Gasteiger partial charge on any atom is -0.462 e. The van der Waals surface area contributed by atoms with Crippen molar-refractivity contribution in [1.82, 2.24) is 0 Å². The van der Waals surface area contributed by atoms with E-state index in [2.05, 4.69) is 136 Å². The van der Waals surface area contributed by atoms with Crippen molar-refractivity contribution >= 4 is 11.9 Å². The van der Waals surface area contributed by atoms with Gasteiger partial charge in [0.15, 0.2) is 6.10 Å². The van der Waals surface area contributed by atoms with Gasteiger partial charge < -0.3 is 14.2 Å². The molecule has 0 heterocycles. The van der Waals surface area contributed by atoms with E-state index in [0.717, 1.165) is 96.3 Å². The predicted octanol–water partition coefficient (Wildman–Crippen LogP) is 17.0. The topological polar surface area (TPSA) is 61.8 Å². The third-order valence-electron chi connectivity index (χ3n) is 10.0. The summed E-state index contributed by atoms with van der Waals surface area (Å²) in [6.45, 7) is 7.36. The summed E-state index contributed by atoms with van der Waals surface area (Å²) in [4.78, 5) is 25.3. The van der Waals surface area contributed by atoms with Crippen LogP contribution in [0.5, 0.6) is 0 Å². The van der Waals surface area contributed by atoms with Gasteiger partial charge in [0.1, 0.15) is 6.61 Å². The number of carbonyl (C=O) groups is 2. The summed E-state index contributed by atoms with van der Waals surface area (Å²) in [6, 6.07) is 0. The van der Waals surface area contributed by atoms with Crippen LogP contribution in [0.1, 0.15) is 201 Å². The van der Waals surface area contributed by atoms with Gasteiger partial charge in [-0.25, -0.2) is 0 Å². The Labute approximate surface area is 382 Å². The highest BCUT2D eigenvalue weighted by Crippen LogP contribution is 2.14. The number of carbonyl (C=O) groups excluding carboxylic acids is 2. The first-order chi connectivity index (χ1) is 30.6. The summed E-state index contributed by atoms with van der Waals surface area (Å²) in [6.07, 6.45) is 72.3. The van der Waals surface area contributed by atoms with Crippen molar-refractivity contribution in [1.29, 1.82) is 0 Å². The molecule has 0 fully saturated rings. The molecule has 0 amide bonds. The van der Waals surface area contributed by atoms with Gasteiger partial charge in [-0.05, 0) is 89.9 Å². The van der Waals surface area contributed by atoms with Crippen molar-refractivity contribution in [3.63, 3.8) is 0 Å². The SMILES string of the molecule is CC/C=C\C/C=C\C/C=C\C/C=C\C/C=C\C/C=C\CCCOCC(COC(=O)CC/C=C\C/C=C\C/C=C\C/C=C\CC)OC(=O)CCCCCCCCCCCCCCC. The van der Waals surface area contributed by atoms with E-state index in [9.17, 15) is 9.59 Å². The van der Waals surface area contributed by atoms with Gasteiger partial charge in [0.25, 0.3) is 0 Å². The molecular formula is C57H92O5. The number of allylic oxidation sites excluding steroid dienone is 20. The highest BCUT2D eigenvalue weighted by molar-refractivity contribution is 5.70. The van der Waals surface area contributed by atoms with E-state index in [4.69, 9.17) is 14.2 Å². The lowest BCUT2D eigenvalue weighted by molar-refractivity contribution is -0.162. The van der Waals surface area contributed by atoms with Gasteiger partial charge in [-0.15, -0.1) is 0 Å². The van der Waals surface area contributed by atoms with E-state index in [-0.39, 0.29) is 25.2 Å². The standard InChI is InChI=1S/C57H92O5/c1-4-7-10-13-16-19-22-25-26-27-28-29-30-31-34-37-40-43-46-49-52-60-53-55(62-57(59)51-48-45-42-39-36-33-24-21-18-15-12-9-6-3)54-61-56(58)50-47-44-41-38-35-32-23-20-17-14-11-8-5-2/h7-8,10-11,16-17,19-20,25-26,28-29,31-32,34-35,40-41,43-44,55H,4-6,9,12-15,18,21-24,27,30,33,36-39,42,45-54H2,1-3H3/b10-7-,11-8-,19-16-,20-17-,26-25-,29-28-,34-31-,35-32-,43-40-,44-41-. The Hall–Kier alpha value is -3.70. The lowest BCUT2D eigenvalue weighted by Crippen LogP contribution is -2.30. The second kappa shape index (κ2) is 51.6. The second-order valence-corrected chi connectivity index (χ2v) is 16.0. The number of rotatable bonds is 44. The zero-order valence-corrected chi connectivity index (χ0v) is 40.1. The van der Waals surface area contributed by atoms with E-state index in [0.29, 0.717) is 25.9 Å². The molecule has 1 unspecified atom stereocenters. The Balaban J connectivity index is 4.46. The molecule has 5 heteroatoms. The Morgan fingerprint density at radius 1 is 0.371 bits per heavy atom.